The first kappa shape index (κ1) is 92.1. The van der Waals surface area contributed by atoms with Gasteiger partial charge in [0.05, 0.1) is 26.4 Å². The maximum absolute atomic E-state index is 13.1. The molecule has 94 heavy (non-hydrogen) atoms. The minimum Gasteiger partial charge on any atom is -0.462 e. The molecule has 0 aromatic heterocycles. The molecule has 0 bridgehead atoms. The first-order chi connectivity index (χ1) is 45.6. The van der Waals surface area contributed by atoms with Gasteiger partial charge in [-0.25, -0.2) is 9.13 Å². The average Bonchev–Trinajstić information content (AvgIpc) is 3.06. The lowest BCUT2D eigenvalue weighted by atomic mass is 10.00. The summed E-state index contributed by atoms with van der Waals surface area (Å²) in [5.41, 5.74) is 0. The molecule has 0 aliphatic heterocycles. The van der Waals surface area contributed by atoms with Gasteiger partial charge in [-0.1, -0.05) is 343 Å². The highest BCUT2D eigenvalue weighted by atomic mass is 31.2. The fourth-order valence-corrected chi connectivity index (χ4v) is 13.1. The van der Waals surface area contributed by atoms with E-state index in [9.17, 15) is 43.2 Å². The van der Waals surface area contributed by atoms with Crippen LogP contribution >= 0.6 is 15.6 Å². The molecule has 0 aromatic carbocycles. The highest BCUT2D eigenvalue weighted by molar-refractivity contribution is 7.47. The Bertz CT molecular complexity index is 1810. The number of carbonyl (C=O) groups excluding carboxylic acids is 4. The van der Waals surface area contributed by atoms with Crippen molar-refractivity contribution >= 4 is 39.5 Å². The Balaban J connectivity index is 5.24. The summed E-state index contributed by atoms with van der Waals surface area (Å²) in [5, 5.41) is 10.6. The van der Waals surface area contributed by atoms with Crippen LogP contribution in [0.15, 0.2) is 0 Å². The first-order valence-electron chi connectivity index (χ1n) is 39.2. The molecule has 0 amide bonds. The van der Waals surface area contributed by atoms with Gasteiger partial charge >= 0.3 is 39.5 Å². The molecule has 6 atom stereocenters. The second kappa shape index (κ2) is 68.2. The largest absolute Gasteiger partial charge is 0.472 e. The number of hydrogen-bond donors (Lipinski definition) is 3. The van der Waals surface area contributed by atoms with Crippen LogP contribution in [0.5, 0.6) is 0 Å². The molecule has 3 N–H and O–H groups in total. The molecule has 0 spiro atoms. The molecule has 558 valence electrons. The number of ether oxygens (including phenoxy) is 4. The quantitative estimate of drug-likeness (QED) is 0.0222. The lowest BCUT2D eigenvalue weighted by Gasteiger charge is -2.21. The van der Waals surface area contributed by atoms with Crippen molar-refractivity contribution in [2.24, 2.45) is 5.92 Å². The summed E-state index contributed by atoms with van der Waals surface area (Å²) >= 11 is 0. The van der Waals surface area contributed by atoms with Crippen LogP contribution in [-0.4, -0.2) is 96.7 Å². The van der Waals surface area contributed by atoms with Crippen molar-refractivity contribution in [3.05, 3.63) is 0 Å². The van der Waals surface area contributed by atoms with Crippen LogP contribution in [0.1, 0.15) is 394 Å². The minimum atomic E-state index is -4.96. The van der Waals surface area contributed by atoms with E-state index < -0.39 is 97.5 Å². The smallest absolute Gasteiger partial charge is 0.462 e. The van der Waals surface area contributed by atoms with E-state index in [1.807, 2.05) is 0 Å². The summed E-state index contributed by atoms with van der Waals surface area (Å²) in [6, 6.07) is 0. The standard InChI is InChI=1S/C75H146O17P2/c1-6-10-13-16-19-22-25-28-30-32-34-37-39-42-48-53-58-72(77)85-64-70(91-75(80)61-56-51-44-41-38-35-33-31-29-26-23-20-17-14-11-7-2)66-89-93(81,82)87-62-69(76)63-88-94(83,84)90-67-71(65-86-73(78)59-54-49-46-45-47-52-57-68(5)9-4)92-74(79)60-55-50-43-40-36-27-24-21-18-15-12-8-3/h68-71,76H,6-67H2,1-5H3,(H,81,82)(H,83,84)/t68?,69-,70-,71-/m1/s1. The third-order valence-corrected chi connectivity index (χ3v) is 19.8. The summed E-state index contributed by atoms with van der Waals surface area (Å²) in [5.74, 6) is -1.38. The highest BCUT2D eigenvalue weighted by Gasteiger charge is 2.30. The topological polar surface area (TPSA) is 237 Å². The second-order valence-electron chi connectivity index (χ2n) is 27.3. The maximum atomic E-state index is 13.1. The number of aliphatic hydroxyl groups excluding tert-OH is 1. The van der Waals surface area contributed by atoms with Crippen LogP contribution in [-0.2, 0) is 65.4 Å². The minimum absolute atomic E-state index is 0.107. The van der Waals surface area contributed by atoms with Crippen LogP contribution in [0, 0.1) is 5.92 Å². The molecule has 17 nitrogen and oxygen atoms in total. The Hall–Kier alpha value is -1.94. The van der Waals surface area contributed by atoms with Crippen molar-refractivity contribution in [3.63, 3.8) is 0 Å². The fraction of sp³-hybridized carbons (Fsp3) is 0.947. The molecule has 0 aromatic rings. The monoisotopic (exact) mass is 1380 g/mol. The van der Waals surface area contributed by atoms with Crippen molar-refractivity contribution in [3.8, 4) is 0 Å². The number of hydrogen-bond acceptors (Lipinski definition) is 15. The van der Waals surface area contributed by atoms with Gasteiger partial charge in [0, 0.05) is 25.7 Å². The van der Waals surface area contributed by atoms with Crippen molar-refractivity contribution in [1.82, 2.24) is 0 Å². The SMILES string of the molecule is CCCCCCCCCCCCCCCCCCC(=O)OC[C@H](COP(=O)(O)OC[C@@H](O)COP(=O)(O)OC[C@@H](COC(=O)CCCCCCCCC(C)CC)OC(=O)CCCCCCCCCCCCCC)OC(=O)CCCCCCCCCCCCCCCCCC. The van der Waals surface area contributed by atoms with Gasteiger partial charge in [-0.3, -0.25) is 37.3 Å². The number of aliphatic hydroxyl groups is 1. The van der Waals surface area contributed by atoms with Crippen molar-refractivity contribution in [1.29, 1.82) is 0 Å². The normalized spacial score (nSPS) is 14.3. The zero-order chi connectivity index (χ0) is 69.1. The Kier molecular flexibility index (Phi) is 66.8. The molecule has 0 fully saturated rings. The third-order valence-electron chi connectivity index (χ3n) is 17.9. The molecular formula is C75H146O17P2. The maximum Gasteiger partial charge on any atom is 0.472 e. The van der Waals surface area contributed by atoms with E-state index in [2.05, 4.69) is 34.6 Å². The Morgan fingerprint density at radius 1 is 0.298 bits per heavy atom. The lowest BCUT2D eigenvalue weighted by Crippen LogP contribution is -2.30. The van der Waals surface area contributed by atoms with Gasteiger partial charge in [-0.15, -0.1) is 0 Å². The van der Waals surface area contributed by atoms with E-state index in [4.69, 9.17) is 37.0 Å². The summed E-state index contributed by atoms with van der Waals surface area (Å²) in [4.78, 5) is 72.8. The van der Waals surface area contributed by atoms with Gasteiger partial charge in [0.15, 0.2) is 12.2 Å². The van der Waals surface area contributed by atoms with E-state index >= 15 is 0 Å². The van der Waals surface area contributed by atoms with Crippen LogP contribution in [0.3, 0.4) is 0 Å². The summed E-state index contributed by atoms with van der Waals surface area (Å²) in [7, 11) is -9.91. The second-order valence-corrected chi connectivity index (χ2v) is 30.2. The lowest BCUT2D eigenvalue weighted by molar-refractivity contribution is -0.161. The molecule has 0 aliphatic rings. The van der Waals surface area contributed by atoms with E-state index in [0.29, 0.717) is 25.7 Å². The number of phosphoric ester groups is 2. The molecule has 19 heteroatoms. The molecule has 0 rings (SSSR count). The van der Waals surface area contributed by atoms with Crippen LogP contribution in [0.25, 0.3) is 0 Å². The Morgan fingerprint density at radius 2 is 0.511 bits per heavy atom. The Labute approximate surface area is 575 Å². The predicted molar refractivity (Wildman–Crippen MR) is 382 cm³/mol. The number of carbonyl (C=O) groups is 4. The number of esters is 4. The van der Waals surface area contributed by atoms with Gasteiger partial charge < -0.3 is 33.8 Å². The number of rotatable bonds is 75. The molecule has 0 saturated heterocycles. The van der Waals surface area contributed by atoms with E-state index in [1.165, 1.54) is 212 Å². The van der Waals surface area contributed by atoms with Gasteiger partial charge in [-0.05, 0) is 31.6 Å². The number of unbranched alkanes of at least 4 members (excludes halogenated alkanes) is 46. The zero-order valence-electron chi connectivity index (χ0n) is 61.1. The molecule has 0 heterocycles. The molecule has 0 aliphatic carbocycles. The Morgan fingerprint density at radius 3 is 0.755 bits per heavy atom. The average molecular weight is 1380 g/mol. The van der Waals surface area contributed by atoms with E-state index in [1.54, 1.807) is 0 Å². The molecule has 0 saturated carbocycles. The predicted octanol–water partition coefficient (Wildman–Crippen LogP) is 22.1. The van der Waals surface area contributed by atoms with Crippen LogP contribution in [0.4, 0.5) is 0 Å². The van der Waals surface area contributed by atoms with Gasteiger partial charge in [0.25, 0.3) is 0 Å². The number of phosphoric acid groups is 2. The summed E-state index contributed by atoms with van der Waals surface area (Å²) < 4.78 is 68.5. The summed E-state index contributed by atoms with van der Waals surface area (Å²) in [6.45, 7) is 7.25. The van der Waals surface area contributed by atoms with E-state index in [-0.39, 0.29) is 25.7 Å². The van der Waals surface area contributed by atoms with Crippen LogP contribution < -0.4 is 0 Å². The third kappa shape index (κ3) is 67.3. The fourth-order valence-electron chi connectivity index (χ4n) is 11.5. The highest BCUT2D eigenvalue weighted by Crippen LogP contribution is 2.45. The zero-order valence-corrected chi connectivity index (χ0v) is 62.9. The van der Waals surface area contributed by atoms with Crippen LogP contribution in [0.2, 0.25) is 0 Å². The van der Waals surface area contributed by atoms with Gasteiger partial charge in [-0.2, -0.15) is 0 Å². The first-order valence-corrected chi connectivity index (χ1v) is 42.2. The van der Waals surface area contributed by atoms with Gasteiger partial charge in [0.1, 0.15) is 19.3 Å². The van der Waals surface area contributed by atoms with Crippen molar-refractivity contribution in [2.75, 3.05) is 39.6 Å². The van der Waals surface area contributed by atoms with Gasteiger partial charge in [0.2, 0.25) is 0 Å². The van der Waals surface area contributed by atoms with Crippen molar-refractivity contribution < 1.29 is 80.2 Å². The van der Waals surface area contributed by atoms with E-state index in [0.717, 1.165) is 102 Å². The van der Waals surface area contributed by atoms with Crippen molar-refractivity contribution in [2.45, 2.75) is 412 Å². The summed E-state index contributed by atoms with van der Waals surface area (Å²) in [6.07, 6.45) is 56.8. The molecule has 3 unspecified atom stereocenters. The molecule has 0 radical (unpaired) electrons. The molecular weight excluding hydrogens is 1230 g/mol.